The van der Waals surface area contributed by atoms with E-state index in [9.17, 15) is 22.4 Å². The van der Waals surface area contributed by atoms with Crippen LogP contribution in [0.15, 0.2) is 4.99 Å². The fourth-order valence-corrected chi connectivity index (χ4v) is 0.927. The molecule has 94 valence electrons. The third kappa shape index (κ3) is 4.65. The second-order valence-electron chi connectivity index (χ2n) is 4.01. The van der Waals surface area contributed by atoms with Gasteiger partial charge in [-0.3, -0.25) is 4.79 Å². The Morgan fingerprint density at radius 1 is 1.00 bits per heavy atom. The van der Waals surface area contributed by atoms with Gasteiger partial charge in [0, 0.05) is 5.41 Å². The summed E-state index contributed by atoms with van der Waals surface area (Å²) >= 11 is 8.79. The first-order valence-electron chi connectivity index (χ1n) is 4.04. The molecular formula is C8H9Cl2F4NO. The van der Waals surface area contributed by atoms with Gasteiger partial charge in [-0.15, -0.1) is 0 Å². The fourth-order valence-electron chi connectivity index (χ4n) is 0.557. The maximum Gasteiger partial charge on any atom is 0.368 e. The summed E-state index contributed by atoms with van der Waals surface area (Å²) in [5, 5.41) is -8.96. The summed E-state index contributed by atoms with van der Waals surface area (Å²) < 4.78 is 50.2. The molecule has 1 amide bonds. The van der Waals surface area contributed by atoms with Crippen molar-refractivity contribution in [2.75, 3.05) is 0 Å². The first kappa shape index (κ1) is 15.6. The van der Waals surface area contributed by atoms with Crippen LogP contribution in [0.5, 0.6) is 0 Å². The molecule has 0 spiro atoms. The highest BCUT2D eigenvalue weighted by Gasteiger charge is 2.50. The Balaban J connectivity index is 5.41. The van der Waals surface area contributed by atoms with Crippen molar-refractivity contribution in [3.63, 3.8) is 0 Å². The smallest absolute Gasteiger partial charge is 0.272 e. The highest BCUT2D eigenvalue weighted by Crippen LogP contribution is 2.34. The van der Waals surface area contributed by atoms with Gasteiger partial charge in [-0.2, -0.15) is 17.6 Å². The van der Waals surface area contributed by atoms with Crippen molar-refractivity contribution < 1.29 is 22.4 Å². The first-order valence-corrected chi connectivity index (χ1v) is 4.79. The van der Waals surface area contributed by atoms with Crippen LogP contribution in [0, 0.1) is 5.41 Å². The monoisotopic (exact) mass is 281 g/mol. The topological polar surface area (TPSA) is 29.4 Å². The predicted molar refractivity (Wildman–Crippen MR) is 53.5 cm³/mol. The van der Waals surface area contributed by atoms with E-state index in [0.717, 1.165) is 0 Å². The van der Waals surface area contributed by atoms with Crippen LogP contribution in [0.3, 0.4) is 0 Å². The molecule has 0 saturated heterocycles. The quantitative estimate of drug-likeness (QED) is 0.431. The van der Waals surface area contributed by atoms with Gasteiger partial charge < -0.3 is 0 Å². The number of alkyl halides is 6. The first-order chi connectivity index (χ1) is 6.76. The zero-order chi connectivity index (χ0) is 13.4. The molecule has 0 N–H and O–H groups in total. The molecule has 0 fully saturated rings. The Labute approximate surface area is 99.6 Å². The Bertz CT molecular complexity index is 295. The molecule has 0 aromatic rings. The van der Waals surface area contributed by atoms with Crippen molar-refractivity contribution in [2.45, 2.75) is 31.5 Å². The number of halogens is 6. The highest BCUT2D eigenvalue weighted by atomic mass is 35.5. The molecule has 0 aromatic carbocycles. The molecule has 0 rings (SSSR count). The highest BCUT2D eigenvalue weighted by molar-refractivity contribution is 6.43. The fraction of sp³-hybridized carbons (Fsp3) is 0.750. The van der Waals surface area contributed by atoms with Crippen LogP contribution in [0.25, 0.3) is 0 Å². The molecule has 8 heteroatoms. The summed E-state index contributed by atoms with van der Waals surface area (Å²) in [7, 11) is 0. The maximum atomic E-state index is 12.5. The van der Waals surface area contributed by atoms with Crippen LogP contribution < -0.4 is 0 Å². The van der Waals surface area contributed by atoms with Crippen LogP contribution in [0.2, 0.25) is 0 Å². The van der Waals surface area contributed by atoms with Gasteiger partial charge in [0.25, 0.3) is 5.91 Å². The molecule has 0 aliphatic heterocycles. The molecule has 0 bridgehead atoms. The SMILES string of the molecule is CC(C)(C)C(=O)N=C(C(F)(F)Cl)C(F)(F)Cl. The average Bonchev–Trinajstić information content (AvgIpc) is 1.92. The van der Waals surface area contributed by atoms with Gasteiger partial charge in [0.2, 0.25) is 0 Å². The van der Waals surface area contributed by atoms with Crippen molar-refractivity contribution in [1.29, 1.82) is 0 Å². The van der Waals surface area contributed by atoms with Crippen LogP contribution in [-0.4, -0.2) is 22.4 Å². The Morgan fingerprint density at radius 2 is 1.31 bits per heavy atom. The zero-order valence-electron chi connectivity index (χ0n) is 8.62. The standard InChI is InChI=1S/C8H9Cl2F4NO/c1-6(2,3)5(16)15-4(7(9,11)12)8(10,13)14/h1-3H3. The summed E-state index contributed by atoms with van der Waals surface area (Å²) in [5.41, 5.74) is -3.35. The average molecular weight is 282 g/mol. The minimum absolute atomic E-state index is 1.16. The normalized spacial score (nSPS) is 13.6. The maximum absolute atomic E-state index is 12.5. The summed E-state index contributed by atoms with van der Waals surface area (Å²) in [4.78, 5) is 13.8. The predicted octanol–water partition coefficient (Wildman–Crippen LogP) is 3.66. The number of hydrogen-bond donors (Lipinski definition) is 0. The second kappa shape index (κ2) is 4.49. The number of carbonyl (C=O) groups excluding carboxylic acids is 1. The second-order valence-corrected chi connectivity index (χ2v) is 4.96. The zero-order valence-corrected chi connectivity index (χ0v) is 10.1. The molecule has 0 radical (unpaired) electrons. The molecule has 0 heterocycles. The third-order valence-corrected chi connectivity index (χ3v) is 1.75. The van der Waals surface area contributed by atoms with Crippen molar-refractivity contribution in [3.8, 4) is 0 Å². The molecule has 0 aliphatic rings. The summed E-state index contributed by atoms with van der Waals surface area (Å²) in [6.45, 7) is 3.99. The van der Waals surface area contributed by atoms with Crippen molar-refractivity contribution in [1.82, 2.24) is 0 Å². The molecule has 0 saturated carbocycles. The van der Waals surface area contributed by atoms with Gasteiger partial charge in [-0.1, -0.05) is 20.8 Å². The third-order valence-electron chi connectivity index (χ3n) is 1.39. The number of nitrogens with zero attached hydrogens (tertiary/aromatic N) is 1. The van der Waals surface area contributed by atoms with Gasteiger partial charge >= 0.3 is 10.8 Å². The molecule has 0 aromatic heterocycles. The van der Waals surface area contributed by atoms with Crippen molar-refractivity contribution in [2.24, 2.45) is 10.4 Å². The summed E-state index contributed by atoms with van der Waals surface area (Å²) in [5.74, 6) is -1.16. The number of hydrogen-bond acceptors (Lipinski definition) is 1. The van der Waals surface area contributed by atoms with E-state index in [1.54, 1.807) is 0 Å². The number of rotatable bonds is 2. The molecular weight excluding hydrogens is 273 g/mol. The largest absolute Gasteiger partial charge is 0.368 e. The van der Waals surface area contributed by atoms with Crippen molar-refractivity contribution >= 4 is 34.8 Å². The molecule has 0 atom stereocenters. The lowest BCUT2D eigenvalue weighted by molar-refractivity contribution is -0.125. The minimum atomic E-state index is -4.48. The molecule has 16 heavy (non-hydrogen) atoms. The Morgan fingerprint density at radius 3 is 1.50 bits per heavy atom. The van der Waals surface area contributed by atoms with E-state index in [1.807, 2.05) is 0 Å². The number of carbonyl (C=O) groups is 1. The van der Waals surface area contributed by atoms with Gasteiger partial charge in [0.1, 0.15) is 0 Å². The number of aliphatic imine (C=N–C) groups is 1. The van der Waals surface area contributed by atoms with E-state index in [-0.39, 0.29) is 0 Å². The van der Waals surface area contributed by atoms with E-state index in [1.165, 1.54) is 20.8 Å². The van der Waals surface area contributed by atoms with Crippen molar-refractivity contribution in [3.05, 3.63) is 0 Å². The van der Waals surface area contributed by atoms with Crippen LogP contribution >= 0.6 is 23.2 Å². The Kier molecular flexibility index (Phi) is 4.39. The van der Waals surface area contributed by atoms with E-state index in [4.69, 9.17) is 0 Å². The van der Waals surface area contributed by atoms with E-state index in [2.05, 4.69) is 28.2 Å². The Hall–Kier alpha value is -0.360. The van der Waals surface area contributed by atoms with Crippen LogP contribution in [0.4, 0.5) is 17.6 Å². The van der Waals surface area contributed by atoms with Crippen LogP contribution in [0.1, 0.15) is 20.8 Å². The van der Waals surface area contributed by atoms with E-state index >= 15 is 0 Å². The van der Waals surface area contributed by atoms with Gasteiger partial charge in [0.05, 0.1) is 0 Å². The molecule has 2 nitrogen and oxygen atoms in total. The van der Waals surface area contributed by atoms with Gasteiger partial charge in [-0.05, 0) is 23.2 Å². The van der Waals surface area contributed by atoms with E-state index in [0.29, 0.717) is 0 Å². The lowest BCUT2D eigenvalue weighted by Crippen LogP contribution is -2.37. The summed E-state index contributed by atoms with van der Waals surface area (Å²) in [6.07, 6.45) is 0. The van der Waals surface area contributed by atoms with E-state index < -0.39 is 27.8 Å². The van der Waals surface area contributed by atoms with Crippen LogP contribution in [-0.2, 0) is 4.79 Å². The molecule has 0 aliphatic carbocycles. The summed E-state index contributed by atoms with van der Waals surface area (Å²) in [6, 6.07) is 0. The number of amides is 1. The minimum Gasteiger partial charge on any atom is -0.272 e. The lowest BCUT2D eigenvalue weighted by Gasteiger charge is -2.18. The van der Waals surface area contributed by atoms with Gasteiger partial charge in [-0.25, -0.2) is 4.99 Å². The molecule has 0 unspecified atom stereocenters. The van der Waals surface area contributed by atoms with Gasteiger partial charge in [0.15, 0.2) is 5.71 Å². The lowest BCUT2D eigenvalue weighted by atomic mass is 9.96.